The first-order valence-electron chi connectivity index (χ1n) is 7.68. The molecule has 18 heavy (non-hydrogen) atoms. The van der Waals surface area contributed by atoms with Gasteiger partial charge in [-0.15, -0.1) is 0 Å². The number of hydrogen-bond donors (Lipinski definition) is 0. The number of aliphatic imine (C=N–C) groups is 1. The van der Waals surface area contributed by atoms with Crippen LogP contribution in [0, 0.1) is 0 Å². The van der Waals surface area contributed by atoms with E-state index in [1.807, 2.05) is 0 Å². The molecule has 5 unspecified atom stereocenters. The summed E-state index contributed by atoms with van der Waals surface area (Å²) in [6.07, 6.45) is 8.30. The Balaban J connectivity index is 1.83. The molecular weight excluding hydrogens is 239 g/mol. The molecule has 0 spiro atoms. The molecule has 5 atom stereocenters. The Morgan fingerprint density at radius 1 is 1.22 bits per heavy atom. The highest BCUT2D eigenvalue weighted by Gasteiger charge is 2.43. The summed E-state index contributed by atoms with van der Waals surface area (Å²) in [5, 5.41) is 2.18. The van der Waals surface area contributed by atoms with E-state index in [-0.39, 0.29) is 0 Å². The van der Waals surface area contributed by atoms with E-state index in [1.54, 1.807) is 0 Å². The molecule has 0 bridgehead atoms. The van der Waals surface area contributed by atoms with Gasteiger partial charge in [0.05, 0.1) is 6.04 Å². The monoisotopic (exact) mass is 264 g/mol. The van der Waals surface area contributed by atoms with Gasteiger partial charge in [0.2, 0.25) is 0 Å². The van der Waals surface area contributed by atoms with Crippen LogP contribution in [0.15, 0.2) is 4.99 Å². The molecule has 1 saturated carbocycles. The molecule has 3 rings (SSSR count). The second-order valence-corrected chi connectivity index (χ2v) is 7.81. The standard InChI is InChI=1S/C14H25BN2S/c1-9-7-10(2)17-12-6-4-3-5-11(15)8-13(12)18-14(17)16-9/h9-13H,3-8,15H2,1-2H3. The summed E-state index contributed by atoms with van der Waals surface area (Å²) in [5.41, 5.74) is 0. The Labute approximate surface area is 116 Å². The predicted octanol–water partition coefficient (Wildman–Crippen LogP) is 2.69. The third-order valence-corrected chi connectivity index (χ3v) is 6.17. The third kappa shape index (κ3) is 2.33. The highest BCUT2D eigenvalue weighted by atomic mass is 32.2. The van der Waals surface area contributed by atoms with Crippen molar-refractivity contribution in [2.24, 2.45) is 4.99 Å². The number of nitrogens with zero attached hydrogens (tertiary/aromatic N) is 2. The van der Waals surface area contributed by atoms with Crippen LogP contribution >= 0.6 is 11.8 Å². The van der Waals surface area contributed by atoms with Crippen LogP contribution in [0.1, 0.15) is 52.4 Å². The van der Waals surface area contributed by atoms with Crippen molar-refractivity contribution in [3.8, 4) is 0 Å². The van der Waals surface area contributed by atoms with Gasteiger partial charge in [-0.1, -0.05) is 36.8 Å². The Bertz CT molecular complexity index is 347. The fourth-order valence-electron chi connectivity index (χ4n) is 3.95. The van der Waals surface area contributed by atoms with Crippen LogP contribution in [0.4, 0.5) is 0 Å². The van der Waals surface area contributed by atoms with Gasteiger partial charge >= 0.3 is 0 Å². The Kier molecular flexibility index (Phi) is 3.66. The van der Waals surface area contributed by atoms with Gasteiger partial charge in [0.1, 0.15) is 7.85 Å². The summed E-state index contributed by atoms with van der Waals surface area (Å²) in [5.74, 6) is 0.903. The molecule has 0 aromatic rings. The predicted molar refractivity (Wildman–Crippen MR) is 83.4 cm³/mol. The van der Waals surface area contributed by atoms with Gasteiger partial charge in [-0.05, 0) is 33.1 Å². The number of rotatable bonds is 0. The summed E-state index contributed by atoms with van der Waals surface area (Å²) < 4.78 is 0. The molecule has 100 valence electrons. The fourth-order valence-corrected chi connectivity index (χ4v) is 5.75. The van der Waals surface area contributed by atoms with Crippen molar-refractivity contribution in [2.75, 3.05) is 0 Å². The molecule has 2 aliphatic heterocycles. The van der Waals surface area contributed by atoms with E-state index in [0.29, 0.717) is 12.1 Å². The van der Waals surface area contributed by atoms with Crippen LogP contribution in [0.25, 0.3) is 0 Å². The van der Waals surface area contributed by atoms with E-state index in [0.717, 1.165) is 17.1 Å². The zero-order valence-corrected chi connectivity index (χ0v) is 12.7. The fraction of sp³-hybridized carbons (Fsp3) is 0.929. The Morgan fingerprint density at radius 3 is 2.83 bits per heavy atom. The van der Waals surface area contributed by atoms with Crippen molar-refractivity contribution in [1.29, 1.82) is 0 Å². The topological polar surface area (TPSA) is 15.6 Å². The van der Waals surface area contributed by atoms with Crippen LogP contribution < -0.4 is 0 Å². The second-order valence-electron chi connectivity index (χ2n) is 6.60. The number of amidine groups is 1. The molecule has 0 N–H and O–H groups in total. The third-order valence-electron chi connectivity index (χ3n) is 4.83. The average molecular weight is 264 g/mol. The highest BCUT2D eigenvalue weighted by Crippen LogP contribution is 2.44. The van der Waals surface area contributed by atoms with E-state index in [9.17, 15) is 0 Å². The quantitative estimate of drug-likeness (QED) is 0.625. The SMILES string of the molecule is BC1CCCCC2C(C1)SC1=NC(C)CC(C)N12. The first-order chi connectivity index (χ1) is 8.65. The van der Waals surface area contributed by atoms with Crippen molar-refractivity contribution < 1.29 is 0 Å². The lowest BCUT2D eigenvalue weighted by Crippen LogP contribution is -2.47. The highest BCUT2D eigenvalue weighted by molar-refractivity contribution is 8.14. The zero-order valence-electron chi connectivity index (χ0n) is 11.9. The molecule has 3 aliphatic rings. The van der Waals surface area contributed by atoms with Crippen molar-refractivity contribution in [1.82, 2.24) is 4.90 Å². The summed E-state index contributed by atoms with van der Waals surface area (Å²) in [6.45, 7) is 4.67. The summed E-state index contributed by atoms with van der Waals surface area (Å²) >= 11 is 2.09. The number of thioether (sulfide) groups is 1. The molecule has 0 amide bonds. The molecule has 2 fully saturated rings. The van der Waals surface area contributed by atoms with E-state index in [1.165, 1.54) is 43.7 Å². The molecule has 1 saturated heterocycles. The first-order valence-corrected chi connectivity index (χ1v) is 8.56. The van der Waals surface area contributed by atoms with Crippen molar-refractivity contribution in [2.45, 2.75) is 81.6 Å². The molecule has 1 aliphatic carbocycles. The van der Waals surface area contributed by atoms with Gasteiger partial charge in [-0.2, -0.15) is 0 Å². The maximum Gasteiger partial charge on any atom is 0.160 e. The van der Waals surface area contributed by atoms with Crippen LogP contribution in [0.2, 0.25) is 5.82 Å². The smallest absolute Gasteiger partial charge is 0.160 e. The second kappa shape index (κ2) is 5.11. The van der Waals surface area contributed by atoms with E-state index in [2.05, 4.69) is 38.4 Å². The summed E-state index contributed by atoms with van der Waals surface area (Å²) in [4.78, 5) is 7.58. The molecule has 4 heteroatoms. The van der Waals surface area contributed by atoms with Crippen molar-refractivity contribution in [3.63, 3.8) is 0 Å². The normalized spacial score (nSPS) is 44.7. The molecule has 0 aromatic carbocycles. The summed E-state index contributed by atoms with van der Waals surface area (Å²) in [7, 11) is 2.44. The van der Waals surface area contributed by atoms with Crippen LogP contribution in [-0.2, 0) is 0 Å². The van der Waals surface area contributed by atoms with E-state index >= 15 is 0 Å². The van der Waals surface area contributed by atoms with Gasteiger partial charge in [-0.25, -0.2) is 0 Å². The minimum Gasteiger partial charge on any atom is -0.345 e. The summed E-state index contributed by atoms with van der Waals surface area (Å²) in [6, 6.07) is 2.00. The first kappa shape index (κ1) is 12.9. The van der Waals surface area contributed by atoms with Gasteiger partial charge in [-0.3, -0.25) is 4.99 Å². The van der Waals surface area contributed by atoms with Crippen LogP contribution in [0.5, 0.6) is 0 Å². The lowest BCUT2D eigenvalue weighted by atomic mass is 9.76. The lowest BCUT2D eigenvalue weighted by Gasteiger charge is -2.38. The molecule has 2 nitrogen and oxygen atoms in total. The molecule has 0 aromatic heterocycles. The maximum absolute atomic E-state index is 4.91. The molecule has 0 radical (unpaired) electrons. The lowest BCUT2D eigenvalue weighted by molar-refractivity contribution is 0.204. The van der Waals surface area contributed by atoms with E-state index < -0.39 is 0 Å². The van der Waals surface area contributed by atoms with Gasteiger partial charge in [0.15, 0.2) is 5.17 Å². The minimum atomic E-state index is 0.528. The van der Waals surface area contributed by atoms with E-state index in [4.69, 9.17) is 4.99 Å². The van der Waals surface area contributed by atoms with Crippen LogP contribution in [0.3, 0.4) is 0 Å². The van der Waals surface area contributed by atoms with Gasteiger partial charge in [0, 0.05) is 17.3 Å². The molecule has 2 heterocycles. The zero-order chi connectivity index (χ0) is 12.7. The maximum atomic E-state index is 4.91. The van der Waals surface area contributed by atoms with Crippen LogP contribution in [-0.4, -0.2) is 41.3 Å². The number of fused-ring (bicyclic) bond motifs is 3. The van der Waals surface area contributed by atoms with Crippen molar-refractivity contribution >= 4 is 24.8 Å². The Hall–Kier alpha value is -0.115. The van der Waals surface area contributed by atoms with Gasteiger partial charge in [0.25, 0.3) is 0 Å². The minimum absolute atomic E-state index is 0.528. The largest absolute Gasteiger partial charge is 0.345 e. The van der Waals surface area contributed by atoms with Crippen molar-refractivity contribution in [3.05, 3.63) is 0 Å². The van der Waals surface area contributed by atoms with Gasteiger partial charge < -0.3 is 4.90 Å². The Morgan fingerprint density at radius 2 is 2.00 bits per heavy atom. The number of hydrogen-bond acceptors (Lipinski definition) is 3. The molecular formula is C14H25BN2S. The average Bonchev–Trinajstić information content (AvgIpc) is 2.59.